The number of ketones is 2. The molecule has 0 saturated heterocycles. The van der Waals surface area contributed by atoms with Crippen molar-refractivity contribution in [3.63, 3.8) is 0 Å². The van der Waals surface area contributed by atoms with Crippen molar-refractivity contribution >= 4 is 11.6 Å². The van der Waals surface area contributed by atoms with Crippen molar-refractivity contribution in [2.45, 2.75) is 20.3 Å². The van der Waals surface area contributed by atoms with Gasteiger partial charge in [-0.25, -0.2) is 0 Å². The summed E-state index contributed by atoms with van der Waals surface area (Å²) < 4.78 is 0. The molecule has 0 spiro atoms. The Morgan fingerprint density at radius 3 is 2.21 bits per heavy atom. The minimum Gasteiger partial charge on any atom is -0.299 e. The molecule has 0 aliphatic heterocycles. The number of hydrogen-bond acceptors (Lipinski definition) is 2. The van der Waals surface area contributed by atoms with Gasteiger partial charge < -0.3 is 0 Å². The standard InChI is InChI=1S/C12H14O2/c1-9(2)11(13)8-12(14)10-6-4-3-5-7-10/h3-7,9H,8H2,1-2H3. The highest BCUT2D eigenvalue weighted by Crippen LogP contribution is 2.06. The van der Waals surface area contributed by atoms with Crippen LogP contribution in [0.15, 0.2) is 30.3 Å². The normalized spacial score (nSPS) is 10.2. The van der Waals surface area contributed by atoms with Gasteiger partial charge in [0.1, 0.15) is 5.78 Å². The Kier molecular flexibility index (Phi) is 3.57. The van der Waals surface area contributed by atoms with Gasteiger partial charge in [-0.05, 0) is 0 Å². The fraction of sp³-hybridized carbons (Fsp3) is 0.333. The summed E-state index contributed by atoms with van der Waals surface area (Å²) >= 11 is 0. The molecule has 0 heterocycles. The van der Waals surface area contributed by atoms with Crippen LogP contribution in [0.1, 0.15) is 30.6 Å². The smallest absolute Gasteiger partial charge is 0.170 e. The summed E-state index contributed by atoms with van der Waals surface area (Å²) in [6.45, 7) is 3.61. The highest BCUT2D eigenvalue weighted by molar-refractivity contribution is 6.08. The number of carbonyl (C=O) groups is 2. The van der Waals surface area contributed by atoms with Gasteiger partial charge in [0, 0.05) is 11.5 Å². The van der Waals surface area contributed by atoms with Crippen LogP contribution in [0.2, 0.25) is 0 Å². The van der Waals surface area contributed by atoms with E-state index < -0.39 is 0 Å². The summed E-state index contributed by atoms with van der Waals surface area (Å²) in [6.07, 6.45) is 0.0156. The van der Waals surface area contributed by atoms with E-state index in [0.717, 1.165) is 0 Å². The number of carbonyl (C=O) groups excluding carboxylic acids is 2. The summed E-state index contributed by atoms with van der Waals surface area (Å²) in [5, 5.41) is 0. The van der Waals surface area contributed by atoms with Gasteiger partial charge in [-0.15, -0.1) is 0 Å². The van der Waals surface area contributed by atoms with Crippen LogP contribution in [-0.4, -0.2) is 11.6 Å². The first-order valence-electron chi connectivity index (χ1n) is 4.72. The molecule has 2 heteroatoms. The monoisotopic (exact) mass is 190 g/mol. The van der Waals surface area contributed by atoms with Crippen molar-refractivity contribution in [3.8, 4) is 0 Å². The molecule has 14 heavy (non-hydrogen) atoms. The lowest BCUT2D eigenvalue weighted by molar-refractivity contribution is -0.121. The van der Waals surface area contributed by atoms with Crippen LogP contribution in [0, 0.1) is 5.92 Å². The number of Topliss-reactive ketones (excluding diaryl/α,β-unsaturated/α-hetero) is 2. The molecule has 0 bridgehead atoms. The van der Waals surface area contributed by atoms with E-state index in [9.17, 15) is 9.59 Å². The van der Waals surface area contributed by atoms with Crippen molar-refractivity contribution in [3.05, 3.63) is 35.9 Å². The van der Waals surface area contributed by atoms with Gasteiger partial charge in [0.15, 0.2) is 5.78 Å². The molecular formula is C12H14O2. The highest BCUT2D eigenvalue weighted by Gasteiger charge is 2.13. The minimum absolute atomic E-state index is 0.00106. The predicted molar refractivity (Wildman–Crippen MR) is 55.2 cm³/mol. The fourth-order valence-electron chi connectivity index (χ4n) is 1.09. The lowest BCUT2D eigenvalue weighted by Gasteiger charge is -2.02. The van der Waals surface area contributed by atoms with Gasteiger partial charge in [0.2, 0.25) is 0 Å². The van der Waals surface area contributed by atoms with Gasteiger partial charge >= 0.3 is 0 Å². The highest BCUT2D eigenvalue weighted by atomic mass is 16.1. The van der Waals surface area contributed by atoms with E-state index in [1.165, 1.54) is 0 Å². The Morgan fingerprint density at radius 2 is 1.71 bits per heavy atom. The molecule has 1 aromatic rings. The molecule has 0 fully saturated rings. The van der Waals surface area contributed by atoms with Crippen molar-refractivity contribution in [1.29, 1.82) is 0 Å². The summed E-state index contributed by atoms with van der Waals surface area (Å²) in [4.78, 5) is 22.8. The molecular weight excluding hydrogens is 176 g/mol. The van der Waals surface area contributed by atoms with Crippen LogP contribution in [-0.2, 0) is 4.79 Å². The third-order valence-corrected chi connectivity index (χ3v) is 2.07. The molecule has 0 saturated carbocycles. The van der Waals surface area contributed by atoms with Crippen molar-refractivity contribution in [2.75, 3.05) is 0 Å². The zero-order valence-electron chi connectivity index (χ0n) is 8.49. The average Bonchev–Trinajstić information content (AvgIpc) is 2.19. The molecule has 0 unspecified atom stereocenters. The quantitative estimate of drug-likeness (QED) is 0.540. The molecule has 1 rings (SSSR count). The maximum atomic E-state index is 11.5. The van der Waals surface area contributed by atoms with E-state index in [2.05, 4.69) is 0 Å². The Morgan fingerprint density at radius 1 is 1.14 bits per heavy atom. The Labute approximate surface area is 83.9 Å². The first kappa shape index (κ1) is 10.6. The Bertz CT molecular complexity index is 325. The van der Waals surface area contributed by atoms with Crippen molar-refractivity contribution in [1.82, 2.24) is 0 Å². The second-order valence-corrected chi connectivity index (χ2v) is 3.59. The van der Waals surface area contributed by atoms with Crippen LogP contribution in [0.5, 0.6) is 0 Å². The van der Waals surface area contributed by atoms with Crippen LogP contribution in [0.25, 0.3) is 0 Å². The van der Waals surface area contributed by atoms with Gasteiger partial charge in [-0.1, -0.05) is 44.2 Å². The van der Waals surface area contributed by atoms with Crippen molar-refractivity contribution < 1.29 is 9.59 Å². The topological polar surface area (TPSA) is 34.1 Å². The zero-order valence-corrected chi connectivity index (χ0v) is 8.49. The van der Waals surface area contributed by atoms with E-state index >= 15 is 0 Å². The van der Waals surface area contributed by atoms with Crippen LogP contribution >= 0.6 is 0 Å². The predicted octanol–water partition coefficient (Wildman–Crippen LogP) is 2.48. The minimum atomic E-state index is -0.0932. The molecule has 0 amide bonds. The lowest BCUT2D eigenvalue weighted by Crippen LogP contribution is -2.13. The van der Waals surface area contributed by atoms with E-state index in [4.69, 9.17) is 0 Å². The third-order valence-electron chi connectivity index (χ3n) is 2.07. The van der Waals surface area contributed by atoms with Crippen LogP contribution in [0.4, 0.5) is 0 Å². The fourth-order valence-corrected chi connectivity index (χ4v) is 1.09. The number of rotatable bonds is 4. The maximum Gasteiger partial charge on any atom is 0.170 e. The molecule has 0 aromatic heterocycles. The summed E-state index contributed by atoms with van der Waals surface area (Å²) in [6, 6.07) is 8.91. The van der Waals surface area contributed by atoms with Crippen molar-refractivity contribution in [2.24, 2.45) is 5.92 Å². The first-order chi connectivity index (χ1) is 6.61. The van der Waals surface area contributed by atoms with Crippen LogP contribution in [0.3, 0.4) is 0 Å². The van der Waals surface area contributed by atoms with Crippen LogP contribution < -0.4 is 0 Å². The lowest BCUT2D eigenvalue weighted by atomic mass is 10.0. The first-order valence-corrected chi connectivity index (χ1v) is 4.72. The summed E-state index contributed by atoms with van der Waals surface area (Å²) in [5.74, 6) is -0.161. The molecule has 1 aromatic carbocycles. The molecule has 0 radical (unpaired) electrons. The maximum absolute atomic E-state index is 11.5. The molecule has 0 atom stereocenters. The summed E-state index contributed by atoms with van der Waals surface area (Å²) in [7, 11) is 0. The van der Waals surface area contributed by atoms with Gasteiger partial charge in [-0.2, -0.15) is 0 Å². The third kappa shape index (κ3) is 2.80. The van der Waals surface area contributed by atoms with Gasteiger partial charge in [0.05, 0.1) is 6.42 Å². The largest absolute Gasteiger partial charge is 0.299 e. The van der Waals surface area contributed by atoms with Gasteiger partial charge in [-0.3, -0.25) is 9.59 Å². The molecule has 2 nitrogen and oxygen atoms in total. The van der Waals surface area contributed by atoms with Gasteiger partial charge in [0.25, 0.3) is 0 Å². The number of benzene rings is 1. The average molecular weight is 190 g/mol. The number of hydrogen-bond donors (Lipinski definition) is 0. The Balaban J connectivity index is 2.65. The second-order valence-electron chi connectivity index (χ2n) is 3.59. The van der Waals surface area contributed by atoms with E-state index in [1.54, 1.807) is 38.1 Å². The van der Waals surface area contributed by atoms with E-state index in [1.807, 2.05) is 6.07 Å². The van der Waals surface area contributed by atoms with E-state index in [0.29, 0.717) is 5.56 Å². The van der Waals surface area contributed by atoms with E-state index in [-0.39, 0.29) is 23.9 Å². The Hall–Kier alpha value is -1.44. The molecule has 74 valence electrons. The molecule has 0 aliphatic rings. The zero-order chi connectivity index (χ0) is 10.6. The SMILES string of the molecule is CC(C)C(=O)CC(=O)c1ccccc1. The second kappa shape index (κ2) is 4.70. The molecule has 0 N–H and O–H groups in total. The molecule has 0 aliphatic carbocycles. The summed E-state index contributed by atoms with van der Waals surface area (Å²) in [5.41, 5.74) is 0.613.